The van der Waals surface area contributed by atoms with E-state index >= 15 is 0 Å². The van der Waals surface area contributed by atoms with Crippen LogP contribution in [0.1, 0.15) is 22.3 Å². The summed E-state index contributed by atoms with van der Waals surface area (Å²) in [5.41, 5.74) is -0.281. The zero-order valence-electron chi connectivity index (χ0n) is 12.2. The van der Waals surface area contributed by atoms with Crippen molar-refractivity contribution in [3.05, 3.63) is 34.0 Å². The van der Waals surface area contributed by atoms with Crippen molar-refractivity contribution in [1.82, 2.24) is 25.4 Å². The van der Waals surface area contributed by atoms with Gasteiger partial charge in [0.15, 0.2) is 5.69 Å². The number of nitrogens with zero attached hydrogens (tertiary/aromatic N) is 3. The zero-order valence-corrected chi connectivity index (χ0v) is 13.8. The van der Waals surface area contributed by atoms with E-state index in [1.165, 1.54) is 0 Å². The highest BCUT2D eigenvalue weighted by Crippen LogP contribution is 2.29. The van der Waals surface area contributed by atoms with Crippen molar-refractivity contribution in [2.24, 2.45) is 7.05 Å². The van der Waals surface area contributed by atoms with Gasteiger partial charge in [0.05, 0.1) is 12.7 Å². The highest BCUT2D eigenvalue weighted by atomic mass is 35.5. The average molecular weight is 370 g/mol. The first-order chi connectivity index (χ1) is 10.3. The predicted octanol–water partition coefficient (Wildman–Crippen LogP) is 1.89. The molecule has 0 aliphatic carbocycles. The van der Waals surface area contributed by atoms with Crippen LogP contribution in [0.5, 0.6) is 0 Å². The number of likely N-dealkylation sites (N-methyl/N-ethyl adjacent to an activating group) is 1. The van der Waals surface area contributed by atoms with E-state index in [9.17, 15) is 18.0 Å². The Balaban J connectivity index is 0.00000264. The van der Waals surface area contributed by atoms with Gasteiger partial charge in [0, 0.05) is 24.2 Å². The number of alkyl halides is 3. The highest BCUT2D eigenvalue weighted by molar-refractivity contribution is 7.09. The Bertz CT molecular complexity index is 657. The molecule has 0 aliphatic rings. The van der Waals surface area contributed by atoms with Gasteiger partial charge in [0.1, 0.15) is 11.0 Å². The van der Waals surface area contributed by atoms with E-state index in [1.54, 1.807) is 31.2 Å². The first kappa shape index (κ1) is 19.4. The fourth-order valence-electron chi connectivity index (χ4n) is 1.83. The number of amides is 1. The predicted molar refractivity (Wildman–Crippen MR) is 81.2 cm³/mol. The minimum atomic E-state index is -4.47. The van der Waals surface area contributed by atoms with Crippen LogP contribution in [0.3, 0.4) is 0 Å². The van der Waals surface area contributed by atoms with Crippen LogP contribution in [0.4, 0.5) is 13.2 Å². The van der Waals surface area contributed by atoms with E-state index in [-0.39, 0.29) is 29.9 Å². The number of carbonyl (C=O) groups excluding carboxylic acids is 1. The Labute approximate surface area is 140 Å². The normalized spacial score (nSPS) is 12.6. The zero-order chi connectivity index (χ0) is 16.3. The Morgan fingerprint density at radius 1 is 1.48 bits per heavy atom. The van der Waals surface area contributed by atoms with E-state index in [0.29, 0.717) is 5.56 Å². The number of rotatable bonds is 5. The van der Waals surface area contributed by atoms with Crippen molar-refractivity contribution in [2.45, 2.75) is 18.8 Å². The van der Waals surface area contributed by atoms with E-state index in [4.69, 9.17) is 0 Å². The third-order valence-corrected chi connectivity index (χ3v) is 3.71. The summed E-state index contributed by atoms with van der Waals surface area (Å²) in [5.74, 6) is -0.362. The van der Waals surface area contributed by atoms with Crippen LogP contribution in [0, 0.1) is 0 Å². The molecule has 0 spiro atoms. The first-order valence-corrected chi connectivity index (χ1v) is 7.14. The number of hydrogen-bond donors (Lipinski definition) is 2. The maximum absolute atomic E-state index is 12.4. The standard InChI is InChI=1S/C12H14F3N5OS.ClH/c1-16-10(7-3-18-20(2)5-7)11(21)17-4-9-19-8(6-22-9)12(13,14)15;/h3,5-6,10,16H,4H2,1-2H3,(H,17,21);1H. The van der Waals surface area contributed by atoms with Crippen LogP contribution in [-0.2, 0) is 24.6 Å². The van der Waals surface area contributed by atoms with Crippen molar-refractivity contribution in [3.63, 3.8) is 0 Å². The lowest BCUT2D eigenvalue weighted by Gasteiger charge is -2.13. The molecule has 2 heterocycles. The molecule has 0 bridgehead atoms. The van der Waals surface area contributed by atoms with Crippen LogP contribution in [0.25, 0.3) is 0 Å². The van der Waals surface area contributed by atoms with Gasteiger partial charge < -0.3 is 10.6 Å². The molecule has 2 aromatic rings. The molecule has 0 radical (unpaired) electrons. The SMILES string of the molecule is CNC(C(=O)NCc1nc(C(F)(F)F)cs1)c1cnn(C)c1.Cl. The van der Waals surface area contributed by atoms with Crippen molar-refractivity contribution >= 4 is 29.7 Å². The van der Waals surface area contributed by atoms with Gasteiger partial charge in [-0.05, 0) is 7.05 Å². The van der Waals surface area contributed by atoms with Crippen molar-refractivity contribution in [3.8, 4) is 0 Å². The van der Waals surface area contributed by atoms with Gasteiger partial charge in [-0.25, -0.2) is 4.98 Å². The molecule has 11 heteroatoms. The molecule has 23 heavy (non-hydrogen) atoms. The lowest BCUT2D eigenvalue weighted by Crippen LogP contribution is -2.35. The quantitative estimate of drug-likeness (QED) is 0.844. The number of aryl methyl sites for hydroxylation is 1. The largest absolute Gasteiger partial charge is 0.434 e. The minimum Gasteiger partial charge on any atom is -0.348 e. The molecule has 0 aliphatic heterocycles. The lowest BCUT2D eigenvalue weighted by atomic mass is 10.1. The van der Waals surface area contributed by atoms with Crippen LogP contribution in [0.15, 0.2) is 17.8 Å². The van der Waals surface area contributed by atoms with Crippen molar-refractivity contribution in [1.29, 1.82) is 0 Å². The average Bonchev–Trinajstić information content (AvgIpc) is 3.06. The summed E-state index contributed by atoms with van der Waals surface area (Å²) in [6.45, 7) is -0.0575. The molecule has 0 fully saturated rings. The molecule has 2 N–H and O–H groups in total. The third kappa shape index (κ3) is 4.91. The van der Waals surface area contributed by atoms with E-state index in [1.807, 2.05) is 0 Å². The lowest BCUT2D eigenvalue weighted by molar-refractivity contribution is -0.140. The molecule has 1 unspecified atom stereocenters. The molecular formula is C12H15ClF3N5OS. The fraction of sp³-hybridized carbons (Fsp3) is 0.417. The Hall–Kier alpha value is -1.65. The smallest absolute Gasteiger partial charge is 0.348 e. The number of nitrogens with one attached hydrogen (secondary N) is 2. The van der Waals surface area contributed by atoms with Gasteiger partial charge >= 0.3 is 6.18 Å². The second kappa shape index (κ2) is 7.75. The number of aromatic nitrogens is 3. The van der Waals surface area contributed by atoms with Gasteiger partial charge in [-0.3, -0.25) is 9.48 Å². The fourth-order valence-corrected chi connectivity index (χ4v) is 2.57. The molecular weight excluding hydrogens is 355 g/mol. The minimum absolute atomic E-state index is 0. The van der Waals surface area contributed by atoms with Crippen molar-refractivity contribution in [2.75, 3.05) is 7.05 Å². The summed E-state index contributed by atoms with van der Waals surface area (Å²) in [5, 5.41) is 10.5. The Kier molecular flexibility index (Phi) is 6.54. The van der Waals surface area contributed by atoms with Crippen LogP contribution in [-0.4, -0.2) is 27.7 Å². The van der Waals surface area contributed by atoms with E-state index < -0.39 is 17.9 Å². The maximum atomic E-state index is 12.4. The number of carbonyl (C=O) groups is 1. The summed E-state index contributed by atoms with van der Waals surface area (Å²) in [6.07, 6.45) is -1.24. The number of hydrogen-bond acceptors (Lipinski definition) is 5. The summed E-state index contributed by atoms with van der Waals surface area (Å²) in [6, 6.07) is -0.629. The molecule has 2 rings (SSSR count). The third-order valence-electron chi connectivity index (χ3n) is 2.87. The van der Waals surface area contributed by atoms with Crippen LogP contribution in [0.2, 0.25) is 0 Å². The Morgan fingerprint density at radius 3 is 2.65 bits per heavy atom. The van der Waals surface area contributed by atoms with Gasteiger partial charge in [0.2, 0.25) is 5.91 Å². The van der Waals surface area contributed by atoms with E-state index in [0.717, 1.165) is 16.7 Å². The van der Waals surface area contributed by atoms with Gasteiger partial charge in [-0.1, -0.05) is 0 Å². The van der Waals surface area contributed by atoms with Crippen LogP contribution >= 0.6 is 23.7 Å². The molecule has 0 saturated heterocycles. The molecule has 2 aromatic heterocycles. The second-order valence-electron chi connectivity index (χ2n) is 4.51. The first-order valence-electron chi connectivity index (χ1n) is 6.26. The molecule has 1 atom stereocenters. The maximum Gasteiger partial charge on any atom is 0.434 e. The van der Waals surface area contributed by atoms with Gasteiger partial charge in [-0.2, -0.15) is 18.3 Å². The van der Waals surface area contributed by atoms with Gasteiger partial charge in [-0.15, -0.1) is 23.7 Å². The topological polar surface area (TPSA) is 71.8 Å². The summed E-state index contributed by atoms with van der Waals surface area (Å²) < 4.78 is 38.9. The van der Waals surface area contributed by atoms with E-state index in [2.05, 4.69) is 20.7 Å². The Morgan fingerprint density at radius 2 is 2.17 bits per heavy atom. The van der Waals surface area contributed by atoms with Crippen molar-refractivity contribution < 1.29 is 18.0 Å². The van der Waals surface area contributed by atoms with Crippen LogP contribution < -0.4 is 10.6 Å². The monoisotopic (exact) mass is 369 g/mol. The van der Waals surface area contributed by atoms with Gasteiger partial charge in [0.25, 0.3) is 0 Å². The molecule has 1 amide bonds. The number of halogens is 4. The summed E-state index contributed by atoms with van der Waals surface area (Å²) >= 11 is 0.855. The second-order valence-corrected chi connectivity index (χ2v) is 5.45. The summed E-state index contributed by atoms with van der Waals surface area (Å²) in [4.78, 5) is 15.6. The molecule has 0 aromatic carbocycles. The molecule has 6 nitrogen and oxygen atoms in total. The molecule has 128 valence electrons. The molecule has 0 saturated carbocycles. The number of thiazole rings is 1. The summed E-state index contributed by atoms with van der Waals surface area (Å²) in [7, 11) is 3.34. The highest BCUT2D eigenvalue weighted by Gasteiger charge is 2.33.